The second-order valence-corrected chi connectivity index (χ2v) is 6.79. The number of thioether (sulfide) groups is 1. The van der Waals surface area contributed by atoms with Crippen LogP contribution < -0.4 is 5.56 Å². The number of hydrogen-bond acceptors (Lipinski definition) is 5. The molecule has 27 heavy (non-hydrogen) atoms. The lowest BCUT2D eigenvalue weighted by Gasteiger charge is -2.20. The number of carbonyl (C=O) groups is 1. The molecule has 2 rings (SSSR count). The van der Waals surface area contributed by atoms with E-state index in [1.54, 1.807) is 6.08 Å². The van der Waals surface area contributed by atoms with Crippen molar-refractivity contribution in [3.63, 3.8) is 0 Å². The molecular formula is C18H22FN5O2S. The number of allylic oxidation sites excluding steroid dienone is 4. The van der Waals surface area contributed by atoms with Gasteiger partial charge in [-0.25, -0.2) is 23.7 Å². The summed E-state index contributed by atoms with van der Waals surface area (Å²) in [6.45, 7) is 8.81. The van der Waals surface area contributed by atoms with Crippen molar-refractivity contribution >= 4 is 34.9 Å². The summed E-state index contributed by atoms with van der Waals surface area (Å²) in [4.78, 5) is 34.2. The van der Waals surface area contributed by atoms with E-state index in [0.29, 0.717) is 22.6 Å². The molecule has 144 valence electrons. The Bertz CT molecular complexity index is 970. The fourth-order valence-electron chi connectivity index (χ4n) is 2.47. The molecule has 0 radical (unpaired) electrons. The van der Waals surface area contributed by atoms with Gasteiger partial charge in [0.05, 0.1) is 18.1 Å². The first-order valence-corrected chi connectivity index (χ1v) is 9.48. The minimum Gasteiger partial charge on any atom is -0.317 e. The van der Waals surface area contributed by atoms with Gasteiger partial charge < -0.3 is 4.90 Å². The minimum absolute atomic E-state index is 0.149. The largest absolute Gasteiger partial charge is 0.317 e. The van der Waals surface area contributed by atoms with E-state index < -0.39 is 5.83 Å². The maximum absolute atomic E-state index is 13.8. The number of rotatable bonds is 8. The van der Waals surface area contributed by atoms with Gasteiger partial charge in [0, 0.05) is 18.4 Å². The van der Waals surface area contributed by atoms with Crippen LogP contribution in [0.25, 0.3) is 16.7 Å². The van der Waals surface area contributed by atoms with Crippen LogP contribution >= 0.6 is 11.8 Å². The van der Waals surface area contributed by atoms with Crippen LogP contribution in [0.1, 0.15) is 20.8 Å². The van der Waals surface area contributed by atoms with E-state index in [4.69, 9.17) is 0 Å². The van der Waals surface area contributed by atoms with Crippen molar-refractivity contribution in [2.45, 2.75) is 38.5 Å². The van der Waals surface area contributed by atoms with Crippen molar-refractivity contribution in [2.24, 2.45) is 0 Å². The van der Waals surface area contributed by atoms with E-state index in [-0.39, 0.29) is 23.8 Å². The van der Waals surface area contributed by atoms with Crippen LogP contribution in [0.5, 0.6) is 0 Å². The lowest BCUT2D eigenvalue weighted by atomic mass is 10.3. The van der Waals surface area contributed by atoms with E-state index in [2.05, 4.69) is 16.5 Å². The zero-order valence-electron chi connectivity index (χ0n) is 15.7. The summed E-state index contributed by atoms with van der Waals surface area (Å²) in [5, 5.41) is 0.774. The highest BCUT2D eigenvalue weighted by molar-refractivity contribution is 7.98. The molecule has 2 aromatic rings. The van der Waals surface area contributed by atoms with Gasteiger partial charge in [-0.3, -0.25) is 9.59 Å². The third kappa shape index (κ3) is 4.36. The summed E-state index contributed by atoms with van der Waals surface area (Å²) in [7, 11) is 0. The molecule has 0 fully saturated rings. The van der Waals surface area contributed by atoms with Gasteiger partial charge in [0.25, 0.3) is 5.56 Å². The maximum Gasteiger partial charge on any atom is 0.278 e. The van der Waals surface area contributed by atoms with Crippen molar-refractivity contribution in [2.75, 3.05) is 6.26 Å². The molecule has 0 aromatic carbocycles. The second kappa shape index (κ2) is 8.81. The minimum atomic E-state index is -0.477. The van der Waals surface area contributed by atoms with Gasteiger partial charge in [0.1, 0.15) is 5.39 Å². The molecule has 0 aliphatic rings. The molecule has 0 unspecified atom stereocenters. The zero-order chi connectivity index (χ0) is 20.1. The normalized spacial score (nSPS) is 12.7. The predicted molar refractivity (Wildman–Crippen MR) is 106 cm³/mol. The average molecular weight is 391 g/mol. The van der Waals surface area contributed by atoms with Crippen LogP contribution in [-0.4, -0.2) is 42.9 Å². The Kier molecular flexibility index (Phi) is 6.73. The highest BCUT2D eigenvalue weighted by Crippen LogP contribution is 2.20. The smallest absolute Gasteiger partial charge is 0.278 e. The van der Waals surface area contributed by atoms with E-state index in [1.165, 1.54) is 51.4 Å². The van der Waals surface area contributed by atoms with Crippen molar-refractivity contribution in [3.8, 4) is 0 Å². The molecule has 1 amide bonds. The first-order valence-electron chi connectivity index (χ1n) is 8.26. The van der Waals surface area contributed by atoms with Crippen LogP contribution in [0.2, 0.25) is 0 Å². The molecule has 0 N–H and O–H groups in total. The Hall–Kier alpha value is -2.68. The summed E-state index contributed by atoms with van der Waals surface area (Å²) in [6, 6.07) is -0.149. The molecular weight excluding hydrogens is 369 g/mol. The van der Waals surface area contributed by atoms with Crippen molar-refractivity contribution in [3.05, 3.63) is 47.3 Å². The number of carbonyl (C=O) groups excluding carboxylic acids is 1. The number of aromatic nitrogens is 4. The van der Waals surface area contributed by atoms with E-state index in [1.807, 2.05) is 20.1 Å². The molecule has 2 aromatic heterocycles. The highest BCUT2D eigenvalue weighted by Gasteiger charge is 2.18. The van der Waals surface area contributed by atoms with Crippen LogP contribution in [0.4, 0.5) is 4.39 Å². The van der Waals surface area contributed by atoms with Gasteiger partial charge in [-0.2, -0.15) is 0 Å². The Balaban J connectivity index is 2.91. The Morgan fingerprint density at radius 2 is 2.19 bits per heavy atom. The summed E-state index contributed by atoms with van der Waals surface area (Å²) in [5.74, 6) is -0.477. The van der Waals surface area contributed by atoms with Crippen LogP contribution in [0.15, 0.2) is 46.9 Å². The predicted octanol–water partition coefficient (Wildman–Crippen LogP) is 3.04. The first kappa shape index (κ1) is 20.6. The van der Waals surface area contributed by atoms with Crippen LogP contribution in [-0.2, 0) is 11.3 Å². The molecule has 0 bridgehead atoms. The molecule has 0 saturated carbocycles. The zero-order valence-corrected chi connectivity index (χ0v) is 16.5. The van der Waals surface area contributed by atoms with Crippen molar-refractivity contribution in [1.29, 1.82) is 0 Å². The molecule has 0 spiro atoms. The Morgan fingerprint density at radius 1 is 1.48 bits per heavy atom. The van der Waals surface area contributed by atoms with Gasteiger partial charge >= 0.3 is 0 Å². The van der Waals surface area contributed by atoms with Crippen molar-refractivity contribution in [1.82, 2.24) is 24.2 Å². The molecule has 0 aliphatic heterocycles. The molecule has 0 saturated heterocycles. The summed E-state index contributed by atoms with van der Waals surface area (Å²) in [5.41, 5.74) is 0.297. The maximum atomic E-state index is 13.8. The van der Waals surface area contributed by atoms with Crippen molar-refractivity contribution < 1.29 is 9.18 Å². The highest BCUT2D eigenvalue weighted by atomic mass is 32.2. The third-order valence-electron chi connectivity index (χ3n) is 3.73. The molecule has 2 heterocycles. The standard InChI is InChI=1S/C18H22FN5O2S/c1-6-7-23-17(26)15-9-20-18(27-5)21-16(15)24(23)14(8-13(4)19)10-22(11-25)12(2)3/h6,8-12H,1,7H2,2-5H3/b13-8+,14-10+. The fourth-order valence-corrected chi connectivity index (χ4v) is 2.81. The fraction of sp³-hybridized carbons (Fsp3) is 0.333. The third-order valence-corrected chi connectivity index (χ3v) is 4.29. The average Bonchev–Trinajstić information content (AvgIpc) is 2.90. The number of fused-ring (bicyclic) bond motifs is 1. The summed E-state index contributed by atoms with van der Waals surface area (Å²) in [6.07, 6.45) is 8.22. The topological polar surface area (TPSA) is 73.0 Å². The lowest BCUT2D eigenvalue weighted by Crippen LogP contribution is -2.26. The number of halogens is 1. The summed E-state index contributed by atoms with van der Waals surface area (Å²) >= 11 is 1.33. The van der Waals surface area contributed by atoms with Gasteiger partial charge in [-0.15, -0.1) is 6.58 Å². The second-order valence-electron chi connectivity index (χ2n) is 6.01. The first-order chi connectivity index (χ1) is 12.8. The van der Waals surface area contributed by atoms with Gasteiger partial charge in [-0.1, -0.05) is 17.8 Å². The van der Waals surface area contributed by atoms with Gasteiger partial charge in [-0.05, 0) is 33.1 Å². The van der Waals surface area contributed by atoms with E-state index >= 15 is 0 Å². The molecule has 0 aliphatic carbocycles. The molecule has 0 atom stereocenters. The monoisotopic (exact) mass is 391 g/mol. The summed E-state index contributed by atoms with van der Waals surface area (Å²) < 4.78 is 16.7. The quantitative estimate of drug-likeness (QED) is 0.227. The lowest BCUT2D eigenvalue weighted by molar-refractivity contribution is -0.117. The Morgan fingerprint density at radius 3 is 2.70 bits per heavy atom. The number of amides is 1. The van der Waals surface area contributed by atoms with Crippen LogP contribution in [0.3, 0.4) is 0 Å². The molecule has 9 heteroatoms. The Labute approximate surface area is 160 Å². The van der Waals surface area contributed by atoms with Gasteiger partial charge in [0.2, 0.25) is 6.41 Å². The number of hydrogen-bond donors (Lipinski definition) is 0. The van der Waals surface area contributed by atoms with Gasteiger partial charge in [0.15, 0.2) is 10.8 Å². The van der Waals surface area contributed by atoms with E-state index in [9.17, 15) is 14.0 Å². The van der Waals surface area contributed by atoms with E-state index in [0.717, 1.165) is 0 Å². The molecule has 7 nitrogen and oxygen atoms in total. The van der Waals surface area contributed by atoms with Crippen LogP contribution in [0, 0.1) is 0 Å². The SMILES string of the molecule is C=CCn1c(=O)c2cnc(SC)nc2n1C(/C=C(\C)F)=C/N(C=O)C(C)C. The number of nitrogens with zero attached hydrogens (tertiary/aromatic N) is 5.